The molecule has 27 heavy (non-hydrogen) atoms. The van der Waals surface area contributed by atoms with Gasteiger partial charge in [-0.1, -0.05) is 0 Å². The summed E-state index contributed by atoms with van der Waals surface area (Å²) in [6, 6.07) is 13.9. The number of hydrogen-bond acceptors (Lipinski definition) is 5. The zero-order valence-electron chi connectivity index (χ0n) is 14.3. The smallest absolute Gasteiger partial charge is 0.167 e. The van der Waals surface area contributed by atoms with Gasteiger partial charge in [-0.15, -0.1) is 0 Å². The summed E-state index contributed by atoms with van der Waals surface area (Å²) < 4.78 is 15.3. The van der Waals surface area contributed by atoms with Crippen molar-refractivity contribution < 1.29 is 9.50 Å². The summed E-state index contributed by atoms with van der Waals surface area (Å²) in [5.41, 5.74) is 3.13. The minimum Gasteiger partial charge on any atom is -0.389 e. The summed E-state index contributed by atoms with van der Waals surface area (Å²) in [6.07, 6.45) is 3.12. The van der Waals surface area contributed by atoms with E-state index in [1.165, 1.54) is 12.1 Å². The van der Waals surface area contributed by atoms with Crippen LogP contribution in [0.15, 0.2) is 60.9 Å². The highest BCUT2D eigenvalue weighted by atomic mass is 19.1. The number of anilines is 1. The van der Waals surface area contributed by atoms with E-state index < -0.39 is 0 Å². The monoisotopic (exact) mass is 361 g/mol. The molecule has 0 amide bonds. The lowest BCUT2D eigenvalue weighted by atomic mass is 10.2. The molecule has 0 unspecified atom stereocenters. The first-order valence-electron chi connectivity index (χ1n) is 8.68. The molecule has 0 saturated carbocycles. The largest absolute Gasteiger partial charge is 0.389 e. The molecule has 1 saturated heterocycles. The van der Waals surface area contributed by atoms with Crippen molar-refractivity contribution in [3.05, 3.63) is 66.7 Å². The van der Waals surface area contributed by atoms with Crippen LogP contribution >= 0.6 is 0 Å². The molecule has 1 fully saturated rings. The number of benzene rings is 1. The van der Waals surface area contributed by atoms with Crippen LogP contribution in [0.1, 0.15) is 0 Å². The van der Waals surface area contributed by atoms with Crippen molar-refractivity contribution in [2.45, 2.75) is 6.10 Å². The van der Waals surface area contributed by atoms with Gasteiger partial charge in [0.2, 0.25) is 0 Å². The molecule has 4 aromatic rings. The maximum Gasteiger partial charge on any atom is 0.167 e. The third kappa shape index (κ3) is 2.72. The van der Waals surface area contributed by atoms with Crippen molar-refractivity contribution in [3.8, 4) is 17.1 Å². The summed E-state index contributed by atoms with van der Waals surface area (Å²) in [5, 5.41) is 9.58. The van der Waals surface area contributed by atoms with Gasteiger partial charge in [-0.25, -0.2) is 14.4 Å². The fraction of sp³-hybridized carbons (Fsp3) is 0.150. The Bertz CT molecular complexity index is 1100. The minimum absolute atomic E-state index is 0.290. The number of hydrogen-bond donors (Lipinski definition) is 1. The Kier molecular flexibility index (Phi) is 3.61. The van der Waals surface area contributed by atoms with E-state index >= 15 is 0 Å². The van der Waals surface area contributed by atoms with E-state index in [-0.39, 0.29) is 11.9 Å². The molecule has 0 aliphatic carbocycles. The normalized spacial score (nSPS) is 14.5. The first kappa shape index (κ1) is 15.9. The zero-order chi connectivity index (χ0) is 18.4. The second-order valence-corrected chi connectivity index (χ2v) is 6.55. The molecule has 5 rings (SSSR count). The Hall–Kier alpha value is -3.32. The average Bonchev–Trinajstić information content (AvgIpc) is 3.05. The highest BCUT2D eigenvalue weighted by Gasteiger charge is 2.26. The van der Waals surface area contributed by atoms with E-state index in [1.807, 2.05) is 33.7 Å². The third-order valence-electron chi connectivity index (χ3n) is 4.70. The lowest BCUT2D eigenvalue weighted by Crippen LogP contribution is -2.51. The molecule has 3 aromatic heterocycles. The van der Waals surface area contributed by atoms with Gasteiger partial charge >= 0.3 is 0 Å². The van der Waals surface area contributed by atoms with E-state index in [0.29, 0.717) is 24.6 Å². The summed E-state index contributed by atoms with van der Waals surface area (Å²) in [4.78, 5) is 15.6. The Labute approximate surface area is 154 Å². The number of aliphatic hydroxyl groups is 1. The number of rotatable bonds is 3. The van der Waals surface area contributed by atoms with Crippen LogP contribution in [-0.4, -0.2) is 43.8 Å². The third-order valence-corrected chi connectivity index (χ3v) is 4.70. The molecule has 0 radical (unpaired) electrons. The summed E-state index contributed by atoms with van der Waals surface area (Å²) >= 11 is 0. The van der Waals surface area contributed by atoms with Crippen molar-refractivity contribution in [3.63, 3.8) is 0 Å². The van der Waals surface area contributed by atoms with Crippen LogP contribution in [0, 0.1) is 5.82 Å². The van der Waals surface area contributed by atoms with E-state index in [4.69, 9.17) is 9.97 Å². The molecule has 0 spiro atoms. The van der Waals surface area contributed by atoms with Crippen LogP contribution in [0.4, 0.5) is 10.2 Å². The van der Waals surface area contributed by atoms with Crippen LogP contribution in [0.3, 0.4) is 0 Å². The molecule has 6 nitrogen and oxygen atoms in total. The van der Waals surface area contributed by atoms with Gasteiger partial charge in [0.15, 0.2) is 5.65 Å². The Morgan fingerprint density at radius 3 is 2.37 bits per heavy atom. The molecule has 134 valence electrons. The minimum atomic E-state index is -0.303. The molecule has 1 aliphatic rings. The lowest BCUT2D eigenvalue weighted by molar-refractivity contribution is 0.141. The molecular weight excluding hydrogens is 345 g/mol. The number of fused-ring (bicyclic) bond motifs is 1. The molecule has 1 aromatic carbocycles. The van der Waals surface area contributed by atoms with Crippen LogP contribution in [0.25, 0.3) is 28.2 Å². The fourth-order valence-electron chi connectivity index (χ4n) is 3.30. The molecule has 4 heterocycles. The highest BCUT2D eigenvalue weighted by Crippen LogP contribution is 2.30. The van der Waals surface area contributed by atoms with E-state index in [1.54, 1.807) is 24.5 Å². The molecule has 7 heteroatoms. The van der Waals surface area contributed by atoms with Gasteiger partial charge in [0.1, 0.15) is 23.0 Å². The second-order valence-electron chi connectivity index (χ2n) is 6.55. The first-order chi connectivity index (χ1) is 13.2. The van der Waals surface area contributed by atoms with Gasteiger partial charge in [-0.3, -0.25) is 9.55 Å². The molecular formula is C20H16FN5O. The van der Waals surface area contributed by atoms with Crippen molar-refractivity contribution in [1.82, 2.24) is 19.5 Å². The van der Waals surface area contributed by atoms with Gasteiger partial charge in [0.25, 0.3) is 0 Å². The molecule has 0 bridgehead atoms. The van der Waals surface area contributed by atoms with Crippen molar-refractivity contribution in [1.29, 1.82) is 0 Å². The van der Waals surface area contributed by atoms with Crippen molar-refractivity contribution in [2.75, 3.05) is 18.0 Å². The summed E-state index contributed by atoms with van der Waals surface area (Å²) in [5.74, 6) is 1.19. The summed E-state index contributed by atoms with van der Waals surface area (Å²) in [7, 11) is 0. The molecule has 0 atom stereocenters. The van der Waals surface area contributed by atoms with Crippen LogP contribution in [0.5, 0.6) is 0 Å². The van der Waals surface area contributed by atoms with Gasteiger partial charge in [-0.05, 0) is 48.5 Å². The number of aliphatic hydroxyl groups excluding tert-OH is 1. The van der Waals surface area contributed by atoms with Gasteiger partial charge in [0, 0.05) is 31.0 Å². The van der Waals surface area contributed by atoms with Gasteiger partial charge < -0.3 is 10.0 Å². The van der Waals surface area contributed by atoms with Crippen LogP contribution < -0.4 is 4.90 Å². The topological polar surface area (TPSA) is 67.1 Å². The summed E-state index contributed by atoms with van der Waals surface area (Å²) in [6.45, 7) is 1.15. The standard InChI is InChI=1S/C20H16FN5O/c21-14-3-1-13(2-4-14)19-23-17-5-6-18(25-11-16(27)12-25)24-20(17)26(19)15-7-9-22-10-8-15/h1-10,16,27H,11-12H2. The Morgan fingerprint density at radius 2 is 1.67 bits per heavy atom. The van der Waals surface area contributed by atoms with Crippen LogP contribution in [0.2, 0.25) is 0 Å². The number of aromatic nitrogens is 4. The maximum atomic E-state index is 13.4. The maximum absolute atomic E-state index is 13.4. The lowest BCUT2D eigenvalue weighted by Gasteiger charge is -2.36. The number of imidazole rings is 1. The molecule has 1 N–H and O–H groups in total. The van der Waals surface area contributed by atoms with Crippen LogP contribution in [-0.2, 0) is 0 Å². The molecule has 1 aliphatic heterocycles. The Morgan fingerprint density at radius 1 is 0.926 bits per heavy atom. The number of β-amino-alcohol motifs (C(OH)–C–C–N with tert-alkyl or cyclic N) is 1. The van der Waals surface area contributed by atoms with Crippen molar-refractivity contribution in [2.24, 2.45) is 0 Å². The van der Waals surface area contributed by atoms with Gasteiger partial charge in [0.05, 0.1) is 11.8 Å². The second kappa shape index (κ2) is 6.14. The predicted molar refractivity (Wildman–Crippen MR) is 100 cm³/mol. The highest BCUT2D eigenvalue weighted by molar-refractivity contribution is 5.81. The zero-order valence-corrected chi connectivity index (χ0v) is 14.3. The number of nitrogens with zero attached hydrogens (tertiary/aromatic N) is 5. The SMILES string of the molecule is OC1CN(c2ccc3nc(-c4ccc(F)cc4)n(-c4ccncc4)c3n2)C1. The quantitative estimate of drug-likeness (QED) is 0.608. The van der Waals surface area contributed by atoms with E-state index in [0.717, 1.165) is 22.6 Å². The predicted octanol–water partition coefficient (Wildman–Crippen LogP) is 2.80. The number of pyridine rings is 2. The van der Waals surface area contributed by atoms with E-state index in [9.17, 15) is 9.50 Å². The number of halogens is 1. The van der Waals surface area contributed by atoms with E-state index in [2.05, 4.69) is 4.98 Å². The van der Waals surface area contributed by atoms with Crippen molar-refractivity contribution >= 4 is 17.0 Å². The average molecular weight is 361 g/mol. The Balaban J connectivity index is 1.72. The van der Waals surface area contributed by atoms with Gasteiger partial charge in [-0.2, -0.15) is 0 Å². The first-order valence-corrected chi connectivity index (χ1v) is 8.68. The fourth-order valence-corrected chi connectivity index (χ4v) is 3.30.